The van der Waals surface area contributed by atoms with Gasteiger partial charge in [0.25, 0.3) is 0 Å². The van der Waals surface area contributed by atoms with E-state index in [4.69, 9.17) is 21.1 Å². The Kier molecular flexibility index (Phi) is 2.23. The first-order valence-corrected chi connectivity index (χ1v) is 6.86. The highest BCUT2D eigenvalue weighted by molar-refractivity contribution is 6.18. The van der Waals surface area contributed by atoms with Crippen molar-refractivity contribution in [2.75, 3.05) is 12.5 Å². The van der Waals surface area contributed by atoms with Crippen LogP contribution in [0.25, 0.3) is 0 Å². The number of hydrogen-bond donors (Lipinski definition) is 0. The lowest BCUT2D eigenvalue weighted by Crippen LogP contribution is -2.48. The van der Waals surface area contributed by atoms with Gasteiger partial charge in [0, 0.05) is 11.8 Å². The molecule has 3 aliphatic rings. The van der Waals surface area contributed by atoms with E-state index in [2.05, 4.69) is 20.8 Å². The molecule has 3 heteroatoms. The molecule has 2 nitrogen and oxygen atoms in total. The molecule has 4 atom stereocenters. The number of hydrogen-bond acceptors (Lipinski definition) is 2. The Hall–Kier alpha value is 0.210. The first-order valence-electron chi connectivity index (χ1n) is 6.33. The summed E-state index contributed by atoms with van der Waals surface area (Å²) < 4.78 is 12.2. The highest BCUT2D eigenvalue weighted by atomic mass is 35.5. The van der Waals surface area contributed by atoms with E-state index in [1.807, 2.05) is 0 Å². The van der Waals surface area contributed by atoms with Crippen LogP contribution in [-0.2, 0) is 9.47 Å². The van der Waals surface area contributed by atoms with Gasteiger partial charge in [0.05, 0.1) is 18.6 Å². The second-order valence-corrected chi connectivity index (χ2v) is 6.76. The van der Waals surface area contributed by atoms with Crippen LogP contribution in [0.1, 0.15) is 40.0 Å². The number of ether oxygens (including phenoxy) is 2. The SMILES string of the molecule is CC1(C)C2CCC1(C)C1(C2)OCC(CCl)O1. The molecule has 3 fully saturated rings. The molecule has 0 N–H and O–H groups in total. The molecule has 1 spiro atoms. The summed E-state index contributed by atoms with van der Waals surface area (Å²) in [4.78, 5) is 0. The third kappa shape index (κ3) is 1.07. The average molecular weight is 245 g/mol. The van der Waals surface area contributed by atoms with Crippen LogP contribution in [0.5, 0.6) is 0 Å². The fourth-order valence-corrected chi connectivity index (χ4v) is 4.37. The molecular formula is C13H21ClO2. The quantitative estimate of drug-likeness (QED) is 0.660. The van der Waals surface area contributed by atoms with E-state index in [9.17, 15) is 0 Å². The first-order chi connectivity index (χ1) is 7.45. The molecule has 0 aromatic carbocycles. The van der Waals surface area contributed by atoms with Gasteiger partial charge in [0.15, 0.2) is 5.79 Å². The third-order valence-corrected chi connectivity index (χ3v) is 6.17. The summed E-state index contributed by atoms with van der Waals surface area (Å²) in [5.41, 5.74) is 0.486. The molecular weight excluding hydrogens is 224 g/mol. The molecule has 4 unspecified atom stereocenters. The number of rotatable bonds is 1. The Morgan fingerprint density at radius 3 is 2.50 bits per heavy atom. The Morgan fingerprint density at radius 1 is 1.31 bits per heavy atom. The number of halogens is 1. The third-order valence-electron chi connectivity index (χ3n) is 5.82. The summed E-state index contributed by atoms with van der Waals surface area (Å²) in [7, 11) is 0. The van der Waals surface area contributed by atoms with E-state index in [-0.39, 0.29) is 17.3 Å². The van der Waals surface area contributed by atoms with Crippen molar-refractivity contribution >= 4 is 11.6 Å². The molecule has 1 aliphatic heterocycles. The first kappa shape index (κ1) is 11.3. The maximum absolute atomic E-state index is 6.18. The van der Waals surface area contributed by atoms with Crippen molar-refractivity contribution in [1.29, 1.82) is 0 Å². The van der Waals surface area contributed by atoms with Gasteiger partial charge in [-0.3, -0.25) is 0 Å². The van der Waals surface area contributed by atoms with Crippen LogP contribution >= 0.6 is 11.6 Å². The average Bonchev–Trinajstić information content (AvgIpc) is 2.79. The standard InChI is InChI=1S/C13H21ClO2/c1-11(2)9-4-5-12(11,3)13(6-9)15-8-10(7-14)16-13/h9-10H,4-8H2,1-3H3. The van der Waals surface area contributed by atoms with Crippen LogP contribution < -0.4 is 0 Å². The van der Waals surface area contributed by atoms with E-state index in [0.717, 1.165) is 12.3 Å². The fourth-order valence-electron chi connectivity index (χ4n) is 4.22. The van der Waals surface area contributed by atoms with Crippen molar-refractivity contribution in [3.05, 3.63) is 0 Å². The maximum Gasteiger partial charge on any atom is 0.175 e. The van der Waals surface area contributed by atoms with E-state index >= 15 is 0 Å². The van der Waals surface area contributed by atoms with Crippen molar-refractivity contribution in [2.24, 2.45) is 16.7 Å². The summed E-state index contributed by atoms with van der Waals surface area (Å²) in [5.74, 6) is 0.952. The van der Waals surface area contributed by atoms with Gasteiger partial charge in [0.1, 0.15) is 0 Å². The smallest absolute Gasteiger partial charge is 0.175 e. The molecule has 2 saturated carbocycles. The van der Waals surface area contributed by atoms with E-state index < -0.39 is 0 Å². The lowest BCUT2D eigenvalue weighted by atomic mass is 9.68. The van der Waals surface area contributed by atoms with E-state index in [0.29, 0.717) is 17.9 Å². The lowest BCUT2D eigenvalue weighted by Gasteiger charge is -2.44. The van der Waals surface area contributed by atoms with E-state index in [1.165, 1.54) is 12.8 Å². The second kappa shape index (κ2) is 3.15. The van der Waals surface area contributed by atoms with Gasteiger partial charge < -0.3 is 9.47 Å². The summed E-state index contributed by atoms with van der Waals surface area (Å²) in [6.07, 6.45) is 3.70. The molecule has 0 aromatic rings. The second-order valence-electron chi connectivity index (χ2n) is 6.45. The molecule has 0 aromatic heterocycles. The van der Waals surface area contributed by atoms with Crippen LogP contribution in [0.3, 0.4) is 0 Å². The largest absolute Gasteiger partial charge is 0.347 e. The van der Waals surface area contributed by atoms with Crippen molar-refractivity contribution in [2.45, 2.75) is 51.9 Å². The van der Waals surface area contributed by atoms with Gasteiger partial charge in [-0.25, -0.2) is 0 Å². The molecule has 16 heavy (non-hydrogen) atoms. The van der Waals surface area contributed by atoms with Gasteiger partial charge in [-0.15, -0.1) is 11.6 Å². The zero-order valence-corrected chi connectivity index (χ0v) is 11.1. The van der Waals surface area contributed by atoms with Crippen LogP contribution in [0.2, 0.25) is 0 Å². The maximum atomic E-state index is 6.18. The topological polar surface area (TPSA) is 18.5 Å². The van der Waals surface area contributed by atoms with Gasteiger partial charge in [-0.05, 0) is 24.2 Å². The number of fused-ring (bicyclic) bond motifs is 3. The van der Waals surface area contributed by atoms with Crippen molar-refractivity contribution in [3.63, 3.8) is 0 Å². The monoisotopic (exact) mass is 244 g/mol. The molecule has 1 saturated heterocycles. The summed E-state index contributed by atoms with van der Waals surface area (Å²) in [5, 5.41) is 0. The van der Waals surface area contributed by atoms with Gasteiger partial charge >= 0.3 is 0 Å². The Balaban J connectivity index is 1.95. The molecule has 0 amide bonds. The van der Waals surface area contributed by atoms with E-state index in [1.54, 1.807) is 0 Å². The molecule has 1 heterocycles. The minimum Gasteiger partial charge on any atom is -0.347 e. The molecule has 2 bridgehead atoms. The zero-order chi connectivity index (χ0) is 11.6. The van der Waals surface area contributed by atoms with Crippen LogP contribution in [0.15, 0.2) is 0 Å². The van der Waals surface area contributed by atoms with Crippen molar-refractivity contribution in [3.8, 4) is 0 Å². The molecule has 92 valence electrons. The van der Waals surface area contributed by atoms with Crippen LogP contribution in [0, 0.1) is 16.7 Å². The Morgan fingerprint density at radius 2 is 2.06 bits per heavy atom. The normalized spacial score (nSPS) is 54.0. The Labute approximate surface area is 103 Å². The minimum absolute atomic E-state index is 0.0913. The highest BCUT2D eigenvalue weighted by Gasteiger charge is 2.72. The minimum atomic E-state index is -0.334. The van der Waals surface area contributed by atoms with Gasteiger partial charge in [-0.1, -0.05) is 20.8 Å². The van der Waals surface area contributed by atoms with Gasteiger partial charge in [0.2, 0.25) is 0 Å². The molecule has 3 rings (SSSR count). The number of alkyl halides is 1. The Bertz CT molecular complexity index is 317. The zero-order valence-electron chi connectivity index (χ0n) is 10.4. The predicted octanol–water partition coefficient (Wildman–Crippen LogP) is 3.18. The summed E-state index contributed by atoms with van der Waals surface area (Å²) in [6.45, 7) is 7.76. The summed E-state index contributed by atoms with van der Waals surface area (Å²) in [6, 6.07) is 0. The lowest BCUT2D eigenvalue weighted by molar-refractivity contribution is -0.243. The van der Waals surface area contributed by atoms with Crippen LogP contribution in [-0.4, -0.2) is 24.4 Å². The molecule has 2 aliphatic carbocycles. The van der Waals surface area contributed by atoms with Crippen LogP contribution in [0.4, 0.5) is 0 Å². The summed E-state index contributed by atoms with van der Waals surface area (Å²) >= 11 is 5.88. The van der Waals surface area contributed by atoms with Gasteiger partial charge in [-0.2, -0.15) is 0 Å². The molecule has 0 radical (unpaired) electrons. The predicted molar refractivity (Wildman–Crippen MR) is 63.5 cm³/mol. The fraction of sp³-hybridized carbons (Fsp3) is 1.00. The van der Waals surface area contributed by atoms with Crippen molar-refractivity contribution in [1.82, 2.24) is 0 Å². The highest BCUT2D eigenvalue weighted by Crippen LogP contribution is 2.72. The van der Waals surface area contributed by atoms with Crippen molar-refractivity contribution < 1.29 is 9.47 Å².